The van der Waals surface area contributed by atoms with Crippen molar-refractivity contribution in [1.82, 2.24) is 14.8 Å². The second-order valence-electron chi connectivity index (χ2n) is 6.76. The number of carboxylic acids is 1. The number of nitrogens with zero attached hydrogens (tertiary/aromatic N) is 3. The summed E-state index contributed by atoms with van der Waals surface area (Å²) in [6.45, 7) is 0. The maximum Gasteiger partial charge on any atom is 0.355 e. The van der Waals surface area contributed by atoms with Gasteiger partial charge in [-0.3, -0.25) is 0 Å². The third-order valence-electron chi connectivity index (χ3n) is 4.54. The number of hydrogen-bond donors (Lipinski definition) is 2. The molecule has 0 aliphatic rings. The van der Waals surface area contributed by atoms with Gasteiger partial charge in [-0.2, -0.15) is 5.10 Å². The molecule has 0 bridgehead atoms. The highest BCUT2D eigenvalue weighted by Crippen LogP contribution is 2.29. The fourth-order valence-corrected chi connectivity index (χ4v) is 4.43. The molecular weight excluding hydrogens is 479 g/mol. The topological polar surface area (TPSA) is 128 Å². The molecule has 164 valence electrons. The fourth-order valence-electron chi connectivity index (χ4n) is 3.01. The third-order valence-corrected chi connectivity index (χ3v) is 6.59. The molecule has 3 N–H and O–H groups in total. The summed E-state index contributed by atoms with van der Waals surface area (Å²) < 4.78 is 38.1. The normalized spacial score (nSPS) is 11.6. The van der Waals surface area contributed by atoms with Gasteiger partial charge >= 0.3 is 5.97 Å². The van der Waals surface area contributed by atoms with Gasteiger partial charge in [0.05, 0.1) is 15.6 Å². The van der Waals surface area contributed by atoms with Crippen LogP contribution >= 0.6 is 22.9 Å². The molecule has 0 aliphatic heterocycles. The highest BCUT2D eigenvalue weighted by molar-refractivity contribution is 7.89. The lowest BCUT2D eigenvalue weighted by molar-refractivity contribution is 0.0691. The third kappa shape index (κ3) is 4.55. The zero-order valence-electron chi connectivity index (χ0n) is 16.1. The van der Waals surface area contributed by atoms with Crippen molar-refractivity contribution in [2.75, 3.05) is 0 Å². The Bertz CT molecular complexity index is 1430. The van der Waals surface area contributed by atoms with E-state index >= 15 is 0 Å². The summed E-state index contributed by atoms with van der Waals surface area (Å²) in [4.78, 5) is 15.2. The molecule has 2 heterocycles. The summed E-state index contributed by atoms with van der Waals surface area (Å²) in [5.74, 6) is -1.72. The Morgan fingerprint density at radius 2 is 1.94 bits per heavy atom. The minimum Gasteiger partial charge on any atom is -0.476 e. The van der Waals surface area contributed by atoms with E-state index in [0.29, 0.717) is 28.4 Å². The number of sulfonamides is 1. The van der Waals surface area contributed by atoms with Crippen LogP contribution in [-0.2, 0) is 16.4 Å². The van der Waals surface area contributed by atoms with Crippen LogP contribution in [0, 0.1) is 5.82 Å². The highest BCUT2D eigenvalue weighted by atomic mass is 35.5. The van der Waals surface area contributed by atoms with Crippen molar-refractivity contribution < 1.29 is 22.7 Å². The first-order chi connectivity index (χ1) is 15.1. The predicted molar refractivity (Wildman–Crippen MR) is 117 cm³/mol. The van der Waals surface area contributed by atoms with Crippen molar-refractivity contribution in [1.29, 1.82) is 0 Å². The molecule has 4 aromatic rings. The average Bonchev–Trinajstić information content (AvgIpc) is 3.37. The number of primary sulfonamides is 1. The summed E-state index contributed by atoms with van der Waals surface area (Å²) in [6.07, 6.45) is 2.04. The number of rotatable bonds is 6. The fraction of sp³-hybridized carbons (Fsp3) is 0.0500. The largest absolute Gasteiger partial charge is 0.476 e. The standard InChI is InChI=1S/C20H14ClFN4O4S2/c21-15-8-12(3-6-16(15)22)18-13(7-11-1-4-14(5-2-11)32(23,29)30)9-26(25-18)20-24-17(10-31-20)19(27)28/h1-6,8-10H,7H2,(H,27,28)(H2,23,29,30). The Hall–Kier alpha value is -3.12. The van der Waals surface area contributed by atoms with Gasteiger partial charge in [0, 0.05) is 29.1 Å². The molecule has 0 atom stereocenters. The molecule has 32 heavy (non-hydrogen) atoms. The van der Waals surface area contributed by atoms with Gasteiger partial charge in [-0.05, 0) is 35.9 Å². The molecular formula is C20H14ClFN4O4S2. The second kappa shape index (κ2) is 8.43. The summed E-state index contributed by atoms with van der Waals surface area (Å²) >= 11 is 7.05. The van der Waals surface area contributed by atoms with E-state index in [-0.39, 0.29) is 15.6 Å². The Morgan fingerprint density at radius 1 is 1.22 bits per heavy atom. The van der Waals surface area contributed by atoms with Crippen LogP contribution < -0.4 is 5.14 Å². The molecule has 0 saturated carbocycles. The Kier molecular flexibility index (Phi) is 5.82. The number of benzene rings is 2. The van der Waals surface area contributed by atoms with Crippen LogP contribution in [0.2, 0.25) is 5.02 Å². The Balaban J connectivity index is 1.77. The van der Waals surface area contributed by atoms with Gasteiger partial charge < -0.3 is 5.11 Å². The maximum atomic E-state index is 13.7. The van der Waals surface area contributed by atoms with Gasteiger partial charge in [0.25, 0.3) is 0 Å². The lowest BCUT2D eigenvalue weighted by Crippen LogP contribution is -2.11. The van der Waals surface area contributed by atoms with Gasteiger partial charge in [0.2, 0.25) is 15.2 Å². The van der Waals surface area contributed by atoms with E-state index in [1.807, 2.05) is 0 Å². The van der Waals surface area contributed by atoms with E-state index in [1.165, 1.54) is 40.4 Å². The zero-order valence-corrected chi connectivity index (χ0v) is 18.5. The van der Waals surface area contributed by atoms with Crippen molar-refractivity contribution in [2.45, 2.75) is 11.3 Å². The molecule has 8 nitrogen and oxygen atoms in total. The van der Waals surface area contributed by atoms with E-state index in [9.17, 15) is 17.6 Å². The van der Waals surface area contributed by atoms with Crippen LogP contribution in [-0.4, -0.2) is 34.3 Å². The molecule has 0 aliphatic carbocycles. The van der Waals surface area contributed by atoms with Gasteiger partial charge in [0.1, 0.15) is 5.82 Å². The molecule has 0 spiro atoms. The first-order valence-corrected chi connectivity index (χ1v) is 11.8. The number of aromatic carboxylic acids is 1. The number of nitrogens with two attached hydrogens (primary N) is 1. The summed E-state index contributed by atoms with van der Waals surface area (Å²) in [5.41, 5.74) is 2.43. The number of carboxylic acid groups (broad SMARTS) is 1. The molecule has 2 aromatic heterocycles. The SMILES string of the molecule is NS(=O)(=O)c1ccc(Cc2cn(-c3nc(C(=O)O)cs3)nc2-c2ccc(F)c(Cl)c2)cc1. The quantitative estimate of drug-likeness (QED) is 0.422. The van der Waals surface area contributed by atoms with E-state index < -0.39 is 21.8 Å². The summed E-state index contributed by atoms with van der Waals surface area (Å²) in [6, 6.07) is 10.3. The number of hydrogen-bond acceptors (Lipinski definition) is 6. The first kappa shape index (κ1) is 22.1. The molecule has 0 saturated heterocycles. The van der Waals surface area contributed by atoms with Crippen LogP contribution in [0.1, 0.15) is 21.6 Å². The second-order valence-corrected chi connectivity index (χ2v) is 9.57. The summed E-state index contributed by atoms with van der Waals surface area (Å²) in [5, 5.41) is 20.5. The molecule has 12 heteroatoms. The maximum absolute atomic E-state index is 13.7. The minimum atomic E-state index is -3.81. The summed E-state index contributed by atoms with van der Waals surface area (Å²) in [7, 11) is -3.81. The van der Waals surface area contributed by atoms with Crippen LogP contribution in [0.3, 0.4) is 0 Å². The molecule has 0 amide bonds. The van der Waals surface area contributed by atoms with E-state index in [1.54, 1.807) is 18.3 Å². The van der Waals surface area contributed by atoms with Crippen molar-refractivity contribution >= 4 is 38.9 Å². The van der Waals surface area contributed by atoms with Crippen molar-refractivity contribution in [3.63, 3.8) is 0 Å². The Morgan fingerprint density at radius 3 is 2.53 bits per heavy atom. The molecule has 0 fully saturated rings. The number of halogens is 2. The smallest absolute Gasteiger partial charge is 0.355 e. The highest BCUT2D eigenvalue weighted by Gasteiger charge is 2.17. The van der Waals surface area contributed by atoms with Crippen molar-refractivity contribution in [3.8, 4) is 16.4 Å². The minimum absolute atomic E-state index is 0.00790. The van der Waals surface area contributed by atoms with Gasteiger partial charge in [-0.15, -0.1) is 11.3 Å². The molecule has 2 aromatic carbocycles. The van der Waals surface area contributed by atoms with Crippen molar-refractivity contribution in [2.24, 2.45) is 5.14 Å². The van der Waals surface area contributed by atoms with E-state index in [2.05, 4.69) is 10.1 Å². The Labute approximate surface area is 190 Å². The monoisotopic (exact) mass is 492 g/mol. The van der Waals surface area contributed by atoms with Crippen LogP contribution in [0.25, 0.3) is 16.4 Å². The van der Waals surface area contributed by atoms with Crippen LogP contribution in [0.5, 0.6) is 0 Å². The van der Waals surface area contributed by atoms with Gasteiger partial charge in [0.15, 0.2) is 5.69 Å². The number of carbonyl (C=O) groups is 1. The van der Waals surface area contributed by atoms with Gasteiger partial charge in [-0.25, -0.2) is 32.4 Å². The first-order valence-electron chi connectivity index (χ1n) is 8.97. The lowest BCUT2D eigenvalue weighted by atomic mass is 10.0. The molecule has 4 rings (SSSR count). The zero-order chi connectivity index (χ0) is 23.0. The molecule has 0 radical (unpaired) electrons. The van der Waals surface area contributed by atoms with Crippen LogP contribution in [0.4, 0.5) is 4.39 Å². The van der Waals surface area contributed by atoms with Crippen LogP contribution in [0.15, 0.2) is 58.9 Å². The van der Waals surface area contributed by atoms with E-state index in [0.717, 1.165) is 16.9 Å². The van der Waals surface area contributed by atoms with E-state index in [4.69, 9.17) is 21.8 Å². The lowest BCUT2D eigenvalue weighted by Gasteiger charge is -2.05. The average molecular weight is 493 g/mol. The number of aromatic nitrogens is 3. The van der Waals surface area contributed by atoms with Gasteiger partial charge in [-0.1, -0.05) is 23.7 Å². The predicted octanol–water partition coefficient (Wildman–Crippen LogP) is 3.72. The number of thiazole rings is 1. The molecule has 0 unspecified atom stereocenters. The van der Waals surface area contributed by atoms with Crippen molar-refractivity contribution in [3.05, 3.63) is 81.7 Å².